The molecule has 29 nitrogen and oxygen atoms in total. The normalized spacial score (nSPS) is 29.6. The summed E-state index contributed by atoms with van der Waals surface area (Å²) in [6.45, 7) is -2.11. The summed E-state index contributed by atoms with van der Waals surface area (Å²) in [6, 6.07) is 15.3. The van der Waals surface area contributed by atoms with Crippen LogP contribution in [0.3, 0.4) is 0 Å². The van der Waals surface area contributed by atoms with Gasteiger partial charge in [-0.15, -0.1) is 0 Å². The van der Waals surface area contributed by atoms with Crippen molar-refractivity contribution in [2.24, 2.45) is 0 Å². The fourth-order valence-corrected chi connectivity index (χ4v) is 8.67. The molecule has 16 unspecified atom stereocenters. The first-order valence-electron chi connectivity index (χ1n) is 25.0. The van der Waals surface area contributed by atoms with Crippen LogP contribution in [0.25, 0.3) is 18.2 Å². The lowest BCUT2D eigenvalue weighted by Gasteiger charge is -2.40. The molecule has 4 aliphatic rings. The lowest BCUT2D eigenvalue weighted by molar-refractivity contribution is -0.296. The zero-order valence-corrected chi connectivity index (χ0v) is 42.8. The summed E-state index contributed by atoms with van der Waals surface area (Å²) in [5.74, 6) is -7.27. The van der Waals surface area contributed by atoms with Crippen LogP contribution in [0.5, 0.6) is 46.0 Å². The van der Waals surface area contributed by atoms with E-state index < -0.39 is 166 Å². The molecule has 4 aliphatic heterocycles. The van der Waals surface area contributed by atoms with Gasteiger partial charge >= 0.3 is 23.9 Å². The van der Waals surface area contributed by atoms with E-state index in [0.717, 1.165) is 24.3 Å². The predicted octanol–water partition coefficient (Wildman–Crippen LogP) is -1.72. The zero-order valence-electron chi connectivity index (χ0n) is 42.8. The Morgan fingerprint density at radius 3 is 1.52 bits per heavy atom. The number of aliphatic hydroxyl groups excluding tert-OH is 9. The van der Waals surface area contributed by atoms with E-state index in [-0.39, 0.29) is 45.6 Å². The second kappa shape index (κ2) is 26.3. The number of aliphatic hydroxyl groups is 10. The van der Waals surface area contributed by atoms with E-state index in [1.807, 2.05) is 0 Å². The summed E-state index contributed by atoms with van der Waals surface area (Å²) >= 11 is 0. The Morgan fingerprint density at radius 2 is 1.00 bits per heavy atom. The van der Waals surface area contributed by atoms with Crippen LogP contribution >= 0.6 is 0 Å². The van der Waals surface area contributed by atoms with Crippen molar-refractivity contribution >= 4 is 42.1 Å². The molecule has 446 valence electrons. The van der Waals surface area contributed by atoms with Crippen LogP contribution in [0.15, 0.2) is 90.7 Å². The standard InChI is InChI=1S/C54H56O29/c55-25-7-5-24(6-8-25)51-34(80-54-50(73)47(70)44(67)37(83-54)21-76-41(64)18-38(60)61)17-27-29(57)15-26(16-33(27)78-51)77-52-48(71)45(68)42(65)35(81-52)19-74-40(63)12-4-23-2-10-32(31(59)14-23)79-53-49(72)46(69)43(66)36(82-53)20-75-39(62)11-3-22-1-9-28(56)30(58)13-22/h1-17,35-37,42-59,65-73H,18-21H2,(H,60,61)/p+1. The fourth-order valence-electron chi connectivity index (χ4n) is 8.67. The number of phenolic OH excluding ortho intramolecular Hbond substituents is 5. The third kappa shape index (κ3) is 14.7. The first-order valence-corrected chi connectivity index (χ1v) is 25.0. The number of carbonyl (C=O) groups excluding carboxylic acids is 3. The van der Waals surface area contributed by atoms with Gasteiger partial charge in [-0.2, -0.15) is 0 Å². The minimum Gasteiger partial charge on any atom is -0.571 e. The molecular formula is C54H57O29+. The van der Waals surface area contributed by atoms with Crippen molar-refractivity contribution in [1.82, 2.24) is 0 Å². The molecule has 0 spiro atoms. The van der Waals surface area contributed by atoms with Gasteiger partial charge in [-0.1, -0.05) is 12.1 Å². The number of carboxylic acid groups (broad SMARTS) is 1. The van der Waals surface area contributed by atoms with Crippen molar-refractivity contribution < 1.29 is 143 Å². The second-order valence-electron chi connectivity index (χ2n) is 19.1. The topological polar surface area (TPSA) is 468 Å². The maximum atomic E-state index is 12.9. The smallest absolute Gasteiger partial charge is 0.330 e. The number of ether oxygens (including phenoxy) is 10. The number of hydrogen-bond acceptors (Lipinski definition) is 27. The zero-order chi connectivity index (χ0) is 60.0. The number of carbonyl (C=O) groups is 4. The summed E-state index contributed by atoms with van der Waals surface area (Å²) in [5.41, 5.74) is 0.855. The van der Waals surface area contributed by atoms with Crippen LogP contribution in [0.2, 0.25) is 0 Å². The molecular weight excluding hydrogens is 1110 g/mol. The molecule has 3 fully saturated rings. The average molecular weight is 1170 g/mol. The van der Waals surface area contributed by atoms with Gasteiger partial charge in [-0.05, 0) is 71.8 Å². The van der Waals surface area contributed by atoms with Gasteiger partial charge in [0.2, 0.25) is 18.9 Å². The number of esters is 3. The first kappa shape index (κ1) is 60.8. The molecule has 29 heteroatoms. The van der Waals surface area contributed by atoms with Gasteiger partial charge in [-0.3, -0.25) is 9.59 Å². The summed E-state index contributed by atoms with van der Waals surface area (Å²) in [5, 5.41) is 156. The van der Waals surface area contributed by atoms with E-state index in [0.29, 0.717) is 11.1 Å². The third-order valence-corrected chi connectivity index (χ3v) is 13.2. The second-order valence-corrected chi connectivity index (χ2v) is 19.1. The Balaban J connectivity index is 0.877. The molecule has 0 bridgehead atoms. The molecule has 4 heterocycles. The van der Waals surface area contributed by atoms with Gasteiger partial charge < -0.3 is 124 Å². The predicted molar refractivity (Wildman–Crippen MR) is 272 cm³/mol. The minimum absolute atomic E-state index is 0.0128. The molecule has 3 saturated heterocycles. The van der Waals surface area contributed by atoms with Crippen LogP contribution in [-0.2, 0) is 52.3 Å². The van der Waals surface area contributed by atoms with Crippen molar-refractivity contribution in [3.63, 3.8) is 0 Å². The van der Waals surface area contributed by atoms with Gasteiger partial charge in [0.1, 0.15) is 122 Å². The Labute approximate surface area is 467 Å². The molecule has 16 atom stereocenters. The fraction of sp³-hybridized carbons (Fsp3) is 0.370. The van der Waals surface area contributed by atoms with Gasteiger partial charge in [-0.25, -0.2) is 9.59 Å². The highest BCUT2D eigenvalue weighted by atomic mass is 16.7. The van der Waals surface area contributed by atoms with E-state index >= 15 is 0 Å². The Kier molecular flexibility index (Phi) is 19.3. The third-order valence-electron chi connectivity index (χ3n) is 13.2. The van der Waals surface area contributed by atoms with Gasteiger partial charge in [0.05, 0.1) is 11.6 Å². The molecule has 8 rings (SSSR count). The molecule has 0 aliphatic carbocycles. The summed E-state index contributed by atoms with van der Waals surface area (Å²) < 4.78 is 54.2. The number of benzene rings is 4. The highest BCUT2D eigenvalue weighted by molar-refractivity contribution is 5.90. The van der Waals surface area contributed by atoms with Crippen molar-refractivity contribution in [2.75, 3.05) is 19.8 Å². The minimum atomic E-state index is -1.94. The van der Waals surface area contributed by atoms with Crippen molar-refractivity contribution in [3.05, 3.63) is 113 Å². The first-order chi connectivity index (χ1) is 39.4. The molecule has 0 saturated carbocycles. The number of hydrogen-bond donors (Lipinski definition) is 15. The van der Waals surface area contributed by atoms with Crippen LogP contribution < -0.4 is 9.47 Å². The van der Waals surface area contributed by atoms with Crippen molar-refractivity contribution in [3.8, 4) is 46.0 Å². The molecule has 0 radical (unpaired) electrons. The molecule has 4 aromatic carbocycles. The number of rotatable bonds is 19. The molecule has 16 N–H and O–H groups in total. The quantitative estimate of drug-likeness (QED) is 0.0124. The highest BCUT2D eigenvalue weighted by Gasteiger charge is 2.49. The largest absolute Gasteiger partial charge is 0.571 e. The molecule has 4 aromatic rings. The summed E-state index contributed by atoms with van der Waals surface area (Å²) in [7, 11) is 0. The highest BCUT2D eigenvalue weighted by Crippen LogP contribution is 2.46. The number of carboxylic acids is 1. The van der Waals surface area contributed by atoms with Crippen LogP contribution in [0.1, 0.15) is 34.8 Å². The molecule has 0 aromatic heterocycles. The van der Waals surface area contributed by atoms with Crippen LogP contribution in [0, 0.1) is 0 Å². The number of aliphatic carboxylic acids is 1. The SMILES string of the molecule is O=C(O)CC(=O)OCC1OC(OC2=Cc3c(O)cc(OC4OC(COC(=O)C=Cc5ccc(OC6OC(COC(=O)C=Cc7ccc(O)c(O)c7)C(O)C(O)C6O)c(O)c5)C(O)C(O)C4O)cc3[OH+]C2c2ccc(O)cc2)C(O)C(O)C1O. The van der Waals surface area contributed by atoms with E-state index in [2.05, 4.69) is 4.74 Å². The lowest BCUT2D eigenvalue weighted by atomic mass is 9.98. The average Bonchev–Trinajstić information content (AvgIpc) is 3.62. The maximum absolute atomic E-state index is 12.9. The van der Waals surface area contributed by atoms with E-state index in [1.165, 1.54) is 78.9 Å². The number of aromatic hydroxyl groups is 6. The molecule has 83 heavy (non-hydrogen) atoms. The summed E-state index contributed by atoms with van der Waals surface area (Å²) in [4.78, 5) is 48.0. The van der Waals surface area contributed by atoms with E-state index in [1.54, 1.807) is 0 Å². The Morgan fingerprint density at radius 1 is 0.506 bits per heavy atom. The molecule has 0 amide bonds. The van der Waals surface area contributed by atoms with Crippen LogP contribution in [0.4, 0.5) is 0 Å². The number of fused-ring (bicyclic) bond motifs is 1. The Bertz CT molecular complexity index is 3070. The van der Waals surface area contributed by atoms with Gasteiger partial charge in [0.15, 0.2) is 28.8 Å². The van der Waals surface area contributed by atoms with Crippen LogP contribution in [-0.4, -0.2) is 217 Å². The van der Waals surface area contributed by atoms with Crippen molar-refractivity contribution in [2.45, 2.75) is 105 Å². The lowest BCUT2D eigenvalue weighted by Crippen LogP contribution is -2.60. The van der Waals surface area contributed by atoms with E-state index in [4.69, 9.17) is 47.7 Å². The van der Waals surface area contributed by atoms with E-state index in [9.17, 15) is 90.7 Å². The maximum Gasteiger partial charge on any atom is 0.330 e. The van der Waals surface area contributed by atoms with Crippen molar-refractivity contribution in [1.29, 1.82) is 0 Å². The van der Waals surface area contributed by atoms with Gasteiger partial charge in [0, 0.05) is 24.3 Å². The summed E-state index contributed by atoms with van der Waals surface area (Å²) in [6.07, 6.45) is -23.2. The monoisotopic (exact) mass is 1170 g/mol. The Hall–Kier alpha value is -8.30. The van der Waals surface area contributed by atoms with Gasteiger partial charge in [0.25, 0.3) is 11.9 Å². The number of phenols is 5.